The van der Waals surface area contributed by atoms with Gasteiger partial charge in [-0.25, -0.2) is 4.79 Å². The second kappa shape index (κ2) is 5.31. The maximum Gasteiger partial charge on any atom is 0.394 e. The molecule has 0 unspecified atom stereocenters. The van der Waals surface area contributed by atoms with Gasteiger partial charge >= 0.3 is 11.9 Å². The van der Waals surface area contributed by atoms with Crippen molar-refractivity contribution in [2.45, 2.75) is 6.42 Å². The van der Waals surface area contributed by atoms with Crippen LogP contribution < -0.4 is 5.32 Å². The molecule has 2 N–H and O–H groups in total. The van der Waals surface area contributed by atoms with Crippen molar-refractivity contribution in [2.75, 3.05) is 6.54 Å². The molecule has 0 saturated carbocycles. The molecule has 0 atom stereocenters. The quantitative estimate of drug-likeness (QED) is 0.804. The van der Waals surface area contributed by atoms with Gasteiger partial charge in [0.05, 0.1) is 0 Å². The minimum atomic E-state index is -1.45. The second-order valence-electron chi connectivity index (χ2n) is 3.95. The Morgan fingerprint density at radius 2 is 1.78 bits per heavy atom. The van der Waals surface area contributed by atoms with Crippen molar-refractivity contribution in [3.8, 4) is 0 Å². The number of carboxylic acid groups (broad SMARTS) is 1. The highest BCUT2D eigenvalue weighted by atomic mass is 16.4. The molecule has 2 rings (SSSR count). The minimum absolute atomic E-state index is 0.319. The van der Waals surface area contributed by atoms with Gasteiger partial charge in [-0.1, -0.05) is 42.5 Å². The summed E-state index contributed by atoms with van der Waals surface area (Å²) in [5.41, 5.74) is 1.10. The van der Waals surface area contributed by atoms with Crippen LogP contribution in [0, 0.1) is 0 Å². The van der Waals surface area contributed by atoms with Crippen molar-refractivity contribution in [1.82, 2.24) is 5.32 Å². The zero-order valence-electron chi connectivity index (χ0n) is 9.72. The zero-order valence-corrected chi connectivity index (χ0v) is 9.72. The smallest absolute Gasteiger partial charge is 0.394 e. The number of carbonyl (C=O) groups is 2. The van der Waals surface area contributed by atoms with E-state index in [4.69, 9.17) is 5.11 Å². The van der Waals surface area contributed by atoms with Crippen LogP contribution in [-0.4, -0.2) is 23.5 Å². The van der Waals surface area contributed by atoms with E-state index in [9.17, 15) is 9.59 Å². The third-order valence-electron chi connectivity index (χ3n) is 2.75. The molecule has 4 heteroatoms. The summed E-state index contributed by atoms with van der Waals surface area (Å²) in [5, 5.41) is 13.1. The first-order chi connectivity index (χ1) is 8.68. The normalized spacial score (nSPS) is 10.2. The average Bonchev–Trinajstić information content (AvgIpc) is 2.38. The number of carbonyl (C=O) groups excluding carboxylic acids is 1. The fraction of sp³-hybridized carbons (Fsp3) is 0.143. The number of aliphatic carboxylic acids is 1. The van der Waals surface area contributed by atoms with E-state index in [0.717, 1.165) is 16.3 Å². The van der Waals surface area contributed by atoms with Crippen LogP contribution in [0.5, 0.6) is 0 Å². The molecule has 0 aromatic heterocycles. The van der Waals surface area contributed by atoms with Crippen LogP contribution in [0.4, 0.5) is 0 Å². The van der Waals surface area contributed by atoms with Gasteiger partial charge in [0.2, 0.25) is 0 Å². The summed E-state index contributed by atoms with van der Waals surface area (Å²) >= 11 is 0. The monoisotopic (exact) mass is 243 g/mol. The van der Waals surface area contributed by atoms with Crippen LogP contribution in [0.15, 0.2) is 42.5 Å². The van der Waals surface area contributed by atoms with Gasteiger partial charge in [-0.2, -0.15) is 0 Å². The molecule has 18 heavy (non-hydrogen) atoms. The molecular formula is C14H13NO3. The van der Waals surface area contributed by atoms with Crippen LogP contribution in [-0.2, 0) is 16.0 Å². The van der Waals surface area contributed by atoms with E-state index >= 15 is 0 Å². The molecule has 0 radical (unpaired) electrons. The maximum absolute atomic E-state index is 10.9. The van der Waals surface area contributed by atoms with Crippen LogP contribution in [0.2, 0.25) is 0 Å². The molecule has 2 aromatic carbocycles. The summed E-state index contributed by atoms with van der Waals surface area (Å²) < 4.78 is 0. The van der Waals surface area contributed by atoms with Gasteiger partial charge in [0.1, 0.15) is 0 Å². The highest BCUT2D eigenvalue weighted by Crippen LogP contribution is 2.18. The number of carboxylic acids is 1. The van der Waals surface area contributed by atoms with Gasteiger partial charge in [0, 0.05) is 6.54 Å². The van der Waals surface area contributed by atoms with Crippen LogP contribution in [0.25, 0.3) is 10.8 Å². The van der Waals surface area contributed by atoms with E-state index in [0.29, 0.717) is 13.0 Å². The van der Waals surface area contributed by atoms with Gasteiger partial charge in [-0.05, 0) is 22.8 Å². The molecule has 92 valence electrons. The van der Waals surface area contributed by atoms with Crippen molar-refractivity contribution in [3.05, 3.63) is 48.0 Å². The summed E-state index contributed by atoms with van der Waals surface area (Å²) in [7, 11) is 0. The lowest BCUT2D eigenvalue weighted by molar-refractivity contribution is -0.150. The van der Waals surface area contributed by atoms with Gasteiger partial charge in [-0.15, -0.1) is 0 Å². The van der Waals surface area contributed by atoms with Crippen LogP contribution in [0.1, 0.15) is 5.56 Å². The summed E-state index contributed by atoms with van der Waals surface area (Å²) in [5.74, 6) is -2.41. The lowest BCUT2D eigenvalue weighted by Gasteiger charge is -2.06. The number of amides is 1. The summed E-state index contributed by atoms with van der Waals surface area (Å²) in [4.78, 5) is 21.2. The summed E-state index contributed by atoms with van der Waals surface area (Å²) in [6, 6.07) is 13.9. The zero-order chi connectivity index (χ0) is 13.0. The first-order valence-electron chi connectivity index (χ1n) is 5.66. The molecular weight excluding hydrogens is 230 g/mol. The van der Waals surface area contributed by atoms with Gasteiger partial charge < -0.3 is 10.4 Å². The van der Waals surface area contributed by atoms with Crippen molar-refractivity contribution < 1.29 is 14.7 Å². The van der Waals surface area contributed by atoms with E-state index < -0.39 is 11.9 Å². The molecule has 4 nitrogen and oxygen atoms in total. The van der Waals surface area contributed by atoms with Gasteiger partial charge in [0.15, 0.2) is 0 Å². The second-order valence-corrected chi connectivity index (χ2v) is 3.95. The fourth-order valence-electron chi connectivity index (χ4n) is 1.90. The molecule has 0 bridgehead atoms. The average molecular weight is 243 g/mol. The van der Waals surface area contributed by atoms with Crippen molar-refractivity contribution in [2.24, 2.45) is 0 Å². The van der Waals surface area contributed by atoms with E-state index in [1.165, 1.54) is 0 Å². The highest BCUT2D eigenvalue weighted by Gasteiger charge is 2.09. The molecule has 0 aliphatic carbocycles. The number of nitrogens with one attached hydrogen (secondary N) is 1. The SMILES string of the molecule is O=C(O)C(=O)NCCc1cccc2ccccc12. The maximum atomic E-state index is 10.9. The molecule has 1 amide bonds. The molecule has 0 aliphatic rings. The number of hydrogen-bond donors (Lipinski definition) is 2. The van der Waals surface area contributed by atoms with Gasteiger partial charge in [0.25, 0.3) is 0 Å². The van der Waals surface area contributed by atoms with Crippen LogP contribution in [0.3, 0.4) is 0 Å². The Balaban J connectivity index is 2.08. The highest BCUT2D eigenvalue weighted by molar-refractivity contribution is 6.31. The van der Waals surface area contributed by atoms with Gasteiger partial charge in [-0.3, -0.25) is 4.79 Å². The Bertz CT molecular complexity index is 587. The molecule has 0 heterocycles. The lowest BCUT2D eigenvalue weighted by atomic mass is 10.0. The molecule has 2 aromatic rings. The predicted molar refractivity (Wildman–Crippen MR) is 68.3 cm³/mol. The van der Waals surface area contributed by atoms with Crippen molar-refractivity contribution in [3.63, 3.8) is 0 Å². The Hall–Kier alpha value is -2.36. The Labute approximate surface area is 104 Å². The molecule has 0 fully saturated rings. The van der Waals surface area contributed by atoms with E-state index in [-0.39, 0.29) is 0 Å². The minimum Gasteiger partial charge on any atom is -0.474 e. The molecule has 0 aliphatic heterocycles. The number of fused-ring (bicyclic) bond motifs is 1. The summed E-state index contributed by atoms with van der Waals surface area (Å²) in [6.45, 7) is 0.319. The van der Waals surface area contributed by atoms with E-state index in [1.54, 1.807) is 0 Å². The van der Waals surface area contributed by atoms with E-state index in [1.807, 2.05) is 42.5 Å². The van der Waals surface area contributed by atoms with E-state index in [2.05, 4.69) is 5.32 Å². The molecule has 0 saturated heterocycles. The Kier molecular flexibility index (Phi) is 3.57. The Morgan fingerprint density at radius 1 is 1.06 bits per heavy atom. The topological polar surface area (TPSA) is 66.4 Å². The Morgan fingerprint density at radius 3 is 2.56 bits per heavy atom. The largest absolute Gasteiger partial charge is 0.474 e. The fourth-order valence-corrected chi connectivity index (χ4v) is 1.90. The predicted octanol–water partition coefficient (Wildman–Crippen LogP) is 1.58. The van der Waals surface area contributed by atoms with Crippen molar-refractivity contribution in [1.29, 1.82) is 0 Å². The van der Waals surface area contributed by atoms with Crippen LogP contribution >= 0.6 is 0 Å². The summed E-state index contributed by atoms with van der Waals surface area (Å²) in [6.07, 6.45) is 0.611. The number of benzene rings is 2. The first kappa shape index (κ1) is 12.1. The third-order valence-corrected chi connectivity index (χ3v) is 2.75. The lowest BCUT2D eigenvalue weighted by Crippen LogP contribution is -2.32. The standard InChI is InChI=1S/C14H13NO3/c16-13(14(17)18)15-9-8-11-6-3-5-10-4-1-2-7-12(10)11/h1-7H,8-9H2,(H,15,16)(H,17,18). The number of rotatable bonds is 3. The molecule has 0 spiro atoms. The first-order valence-corrected chi connectivity index (χ1v) is 5.66. The number of hydrogen-bond acceptors (Lipinski definition) is 2. The van der Waals surface area contributed by atoms with Crippen molar-refractivity contribution >= 4 is 22.6 Å². The third kappa shape index (κ3) is 2.66.